The summed E-state index contributed by atoms with van der Waals surface area (Å²) in [4.78, 5) is 24.9. The first-order valence-corrected chi connectivity index (χ1v) is 6.28. The normalized spacial score (nSPS) is 21.0. The van der Waals surface area contributed by atoms with Crippen molar-refractivity contribution >= 4 is 11.9 Å². The Morgan fingerprint density at radius 1 is 1.32 bits per heavy atom. The van der Waals surface area contributed by atoms with Gasteiger partial charge in [0.2, 0.25) is 5.91 Å². The lowest BCUT2D eigenvalue weighted by Gasteiger charge is -2.35. The van der Waals surface area contributed by atoms with Crippen LogP contribution < -0.4 is 10.1 Å². The van der Waals surface area contributed by atoms with Gasteiger partial charge in [-0.25, -0.2) is 4.79 Å². The second kappa shape index (κ2) is 5.30. The molecular weight excluding hydrogens is 244 g/mol. The van der Waals surface area contributed by atoms with Crippen LogP contribution in [0.1, 0.15) is 25.5 Å². The van der Waals surface area contributed by atoms with Crippen LogP contribution in [0, 0.1) is 5.92 Å². The van der Waals surface area contributed by atoms with Gasteiger partial charge < -0.3 is 9.64 Å². The molecule has 1 aromatic rings. The van der Waals surface area contributed by atoms with Crippen LogP contribution in [0.25, 0.3) is 0 Å². The molecule has 2 rings (SSSR count). The highest BCUT2D eigenvalue weighted by Crippen LogP contribution is 2.25. The fraction of sp³-hybridized carbons (Fsp3) is 0.429. The van der Waals surface area contributed by atoms with E-state index < -0.39 is 0 Å². The monoisotopic (exact) mass is 262 g/mol. The van der Waals surface area contributed by atoms with Crippen LogP contribution in [0.5, 0.6) is 5.75 Å². The van der Waals surface area contributed by atoms with E-state index in [1.807, 2.05) is 38.1 Å². The minimum absolute atomic E-state index is 0.0820. The van der Waals surface area contributed by atoms with Crippen molar-refractivity contribution in [1.29, 1.82) is 0 Å². The minimum Gasteiger partial charge on any atom is -0.497 e. The number of nitrogens with zero attached hydrogens (tertiary/aromatic N) is 1. The first-order valence-electron chi connectivity index (χ1n) is 6.28. The fourth-order valence-electron chi connectivity index (χ4n) is 2.16. The van der Waals surface area contributed by atoms with E-state index in [9.17, 15) is 9.59 Å². The van der Waals surface area contributed by atoms with Crippen molar-refractivity contribution in [3.63, 3.8) is 0 Å². The Kier molecular flexibility index (Phi) is 3.74. The van der Waals surface area contributed by atoms with E-state index in [0.29, 0.717) is 6.54 Å². The topological polar surface area (TPSA) is 58.6 Å². The minimum atomic E-state index is -0.327. The van der Waals surface area contributed by atoms with Gasteiger partial charge in [0.15, 0.2) is 0 Å². The highest BCUT2D eigenvalue weighted by Gasteiger charge is 2.32. The molecule has 3 amide bonds. The van der Waals surface area contributed by atoms with Gasteiger partial charge in [0.05, 0.1) is 19.1 Å². The van der Waals surface area contributed by atoms with Crippen molar-refractivity contribution in [2.24, 2.45) is 5.92 Å². The molecule has 5 heteroatoms. The van der Waals surface area contributed by atoms with Gasteiger partial charge in [-0.15, -0.1) is 0 Å². The predicted molar refractivity (Wildman–Crippen MR) is 70.8 cm³/mol. The number of nitrogens with one attached hydrogen (secondary N) is 1. The Morgan fingerprint density at radius 3 is 2.53 bits per heavy atom. The molecule has 1 aliphatic rings. The van der Waals surface area contributed by atoms with Crippen LogP contribution >= 0.6 is 0 Å². The van der Waals surface area contributed by atoms with E-state index in [-0.39, 0.29) is 23.9 Å². The van der Waals surface area contributed by atoms with E-state index >= 15 is 0 Å². The maximum Gasteiger partial charge on any atom is 0.324 e. The third kappa shape index (κ3) is 2.70. The Hall–Kier alpha value is -2.04. The van der Waals surface area contributed by atoms with E-state index in [4.69, 9.17) is 4.74 Å². The largest absolute Gasteiger partial charge is 0.497 e. The third-order valence-corrected chi connectivity index (χ3v) is 3.47. The number of ether oxygens (including phenoxy) is 1. The van der Waals surface area contributed by atoms with Crippen LogP contribution in [0.3, 0.4) is 0 Å². The van der Waals surface area contributed by atoms with Crippen molar-refractivity contribution in [2.45, 2.75) is 19.9 Å². The number of rotatable bonds is 3. The summed E-state index contributed by atoms with van der Waals surface area (Å²) in [7, 11) is 1.61. The molecule has 1 fully saturated rings. The quantitative estimate of drug-likeness (QED) is 0.905. The molecule has 5 nitrogen and oxygen atoms in total. The van der Waals surface area contributed by atoms with Gasteiger partial charge in [-0.2, -0.15) is 0 Å². The molecule has 0 bridgehead atoms. The zero-order valence-corrected chi connectivity index (χ0v) is 11.3. The van der Waals surface area contributed by atoms with Gasteiger partial charge in [-0.1, -0.05) is 19.1 Å². The van der Waals surface area contributed by atoms with E-state index in [1.54, 1.807) is 12.0 Å². The fourth-order valence-corrected chi connectivity index (χ4v) is 2.16. The maximum atomic E-state index is 11.9. The number of carbonyl (C=O) groups excluding carboxylic acids is 2. The summed E-state index contributed by atoms with van der Waals surface area (Å²) < 4.78 is 5.11. The molecule has 102 valence electrons. The molecule has 1 N–H and O–H groups in total. The van der Waals surface area contributed by atoms with Gasteiger partial charge in [-0.3, -0.25) is 10.1 Å². The molecule has 1 saturated heterocycles. The summed E-state index contributed by atoms with van der Waals surface area (Å²) in [6.45, 7) is 4.21. The van der Waals surface area contributed by atoms with Crippen LogP contribution in [-0.2, 0) is 4.79 Å². The van der Waals surface area contributed by atoms with Crippen LogP contribution in [-0.4, -0.2) is 30.5 Å². The maximum absolute atomic E-state index is 11.9. The van der Waals surface area contributed by atoms with Gasteiger partial charge >= 0.3 is 6.03 Å². The molecule has 0 spiro atoms. The predicted octanol–water partition coefficient (Wildman–Crippen LogP) is 1.94. The summed E-state index contributed by atoms with van der Waals surface area (Å²) >= 11 is 0. The van der Waals surface area contributed by atoms with Crippen molar-refractivity contribution < 1.29 is 14.3 Å². The number of hydrogen-bond acceptors (Lipinski definition) is 3. The Labute approximate surface area is 112 Å². The van der Waals surface area contributed by atoms with Crippen molar-refractivity contribution in [3.05, 3.63) is 29.8 Å². The smallest absolute Gasteiger partial charge is 0.324 e. The number of benzene rings is 1. The van der Waals surface area contributed by atoms with E-state index in [0.717, 1.165) is 11.3 Å². The number of urea groups is 1. The number of carbonyl (C=O) groups is 2. The Balaban J connectivity index is 2.15. The molecule has 19 heavy (non-hydrogen) atoms. The van der Waals surface area contributed by atoms with Crippen LogP contribution in [0.15, 0.2) is 24.3 Å². The number of methoxy groups -OCH3 is 1. The summed E-state index contributed by atoms with van der Waals surface area (Å²) in [5.41, 5.74) is 1.01. The lowest BCUT2D eigenvalue weighted by Crippen LogP contribution is -2.54. The first-order chi connectivity index (χ1) is 9.02. The second-order valence-electron chi connectivity index (χ2n) is 4.80. The summed E-state index contributed by atoms with van der Waals surface area (Å²) in [6, 6.07) is 7.17. The van der Waals surface area contributed by atoms with Crippen LogP contribution in [0.2, 0.25) is 0 Å². The molecule has 0 radical (unpaired) electrons. The molecular formula is C14H18N2O3. The molecule has 2 unspecified atom stereocenters. The summed E-state index contributed by atoms with van der Waals surface area (Å²) in [6.07, 6.45) is 0. The Morgan fingerprint density at radius 2 is 1.95 bits per heavy atom. The summed E-state index contributed by atoms with van der Waals surface area (Å²) in [5, 5.41) is 2.38. The lowest BCUT2D eigenvalue weighted by atomic mass is 10.0. The molecule has 1 aromatic carbocycles. The van der Waals surface area contributed by atoms with Crippen LogP contribution in [0.4, 0.5) is 4.79 Å². The molecule has 1 heterocycles. The second-order valence-corrected chi connectivity index (χ2v) is 4.80. The number of amides is 3. The average molecular weight is 262 g/mol. The first kappa shape index (κ1) is 13.4. The van der Waals surface area contributed by atoms with Crippen molar-refractivity contribution in [2.75, 3.05) is 13.7 Å². The molecule has 0 aromatic heterocycles. The number of hydrogen-bond donors (Lipinski definition) is 1. The van der Waals surface area contributed by atoms with Crippen molar-refractivity contribution in [3.8, 4) is 5.75 Å². The molecule has 0 saturated carbocycles. The van der Waals surface area contributed by atoms with E-state index in [1.165, 1.54) is 0 Å². The highest BCUT2D eigenvalue weighted by molar-refractivity contribution is 5.97. The van der Waals surface area contributed by atoms with Gasteiger partial charge in [0, 0.05) is 6.54 Å². The zero-order valence-electron chi connectivity index (χ0n) is 11.3. The summed E-state index contributed by atoms with van der Waals surface area (Å²) in [5.74, 6) is 0.393. The van der Waals surface area contributed by atoms with Crippen molar-refractivity contribution in [1.82, 2.24) is 10.2 Å². The van der Waals surface area contributed by atoms with E-state index in [2.05, 4.69) is 5.32 Å². The van der Waals surface area contributed by atoms with Gasteiger partial charge in [0.25, 0.3) is 0 Å². The van der Waals surface area contributed by atoms with Gasteiger partial charge in [-0.05, 0) is 24.6 Å². The Bertz CT molecular complexity index is 484. The standard InChI is InChI=1S/C14H18N2O3/c1-9-8-16(14(18)15-13(9)17)10(2)11-4-6-12(19-3)7-5-11/h4-7,9-10H,8H2,1-3H3,(H,15,17,18). The SMILES string of the molecule is COc1ccc(C(C)N2CC(C)C(=O)NC2=O)cc1. The van der Waals surface area contributed by atoms with Gasteiger partial charge in [0.1, 0.15) is 5.75 Å². The average Bonchev–Trinajstić information content (AvgIpc) is 2.42. The highest BCUT2D eigenvalue weighted by atomic mass is 16.5. The third-order valence-electron chi connectivity index (χ3n) is 3.47. The lowest BCUT2D eigenvalue weighted by molar-refractivity contribution is -0.125. The molecule has 1 aliphatic heterocycles. The molecule has 0 aliphatic carbocycles. The molecule has 2 atom stereocenters. The zero-order chi connectivity index (χ0) is 14.0. The number of imide groups is 1.